The summed E-state index contributed by atoms with van der Waals surface area (Å²) >= 11 is 0. The van der Waals surface area contributed by atoms with E-state index in [1.54, 1.807) is 12.1 Å². The predicted octanol–water partition coefficient (Wildman–Crippen LogP) is 3.47. The molecule has 2 aromatic rings. The standard InChI is InChI=1S/C13H13FN2/c14-12-5-4-11-6-9-16(13(11)10-12)8-3-1-2-7-15/h4-6,9-10H,1-3,8H2. The highest BCUT2D eigenvalue weighted by atomic mass is 19.1. The first-order valence-electron chi connectivity index (χ1n) is 5.42. The third kappa shape index (κ3) is 2.22. The Kier molecular flexibility index (Phi) is 3.21. The average Bonchev–Trinajstić information content (AvgIpc) is 2.67. The zero-order valence-electron chi connectivity index (χ0n) is 8.99. The first kappa shape index (κ1) is 10.7. The van der Waals surface area contributed by atoms with Gasteiger partial charge in [0, 0.05) is 19.2 Å². The third-order valence-electron chi connectivity index (χ3n) is 2.67. The zero-order chi connectivity index (χ0) is 11.4. The Labute approximate surface area is 93.9 Å². The Morgan fingerprint density at radius 3 is 2.94 bits per heavy atom. The van der Waals surface area contributed by atoms with Gasteiger partial charge in [0.15, 0.2) is 0 Å². The zero-order valence-corrected chi connectivity index (χ0v) is 8.99. The smallest absolute Gasteiger partial charge is 0.125 e. The lowest BCUT2D eigenvalue weighted by molar-refractivity contribution is 0.619. The second kappa shape index (κ2) is 4.80. The quantitative estimate of drug-likeness (QED) is 0.719. The average molecular weight is 216 g/mol. The van der Waals surface area contributed by atoms with Gasteiger partial charge in [-0.2, -0.15) is 5.26 Å². The monoisotopic (exact) mass is 216 g/mol. The van der Waals surface area contributed by atoms with E-state index in [1.807, 2.05) is 16.8 Å². The molecule has 82 valence electrons. The van der Waals surface area contributed by atoms with Crippen LogP contribution in [0, 0.1) is 17.1 Å². The number of benzene rings is 1. The molecule has 0 bridgehead atoms. The van der Waals surface area contributed by atoms with E-state index in [-0.39, 0.29) is 5.82 Å². The van der Waals surface area contributed by atoms with Gasteiger partial charge in [0.25, 0.3) is 0 Å². The van der Waals surface area contributed by atoms with Crippen molar-refractivity contribution in [1.29, 1.82) is 5.26 Å². The Balaban J connectivity index is 2.12. The highest BCUT2D eigenvalue weighted by Gasteiger charge is 2.01. The summed E-state index contributed by atoms with van der Waals surface area (Å²) in [5, 5.41) is 9.48. The fourth-order valence-corrected chi connectivity index (χ4v) is 1.84. The molecule has 0 aliphatic carbocycles. The van der Waals surface area contributed by atoms with E-state index in [0.717, 1.165) is 30.3 Å². The van der Waals surface area contributed by atoms with E-state index in [2.05, 4.69) is 6.07 Å². The molecule has 0 unspecified atom stereocenters. The lowest BCUT2D eigenvalue weighted by Crippen LogP contribution is -1.95. The van der Waals surface area contributed by atoms with Crippen LogP contribution in [0.25, 0.3) is 10.9 Å². The summed E-state index contributed by atoms with van der Waals surface area (Å²) in [5.41, 5.74) is 0.928. The molecule has 0 saturated heterocycles. The largest absolute Gasteiger partial charge is 0.347 e. The molecule has 1 aromatic carbocycles. The SMILES string of the molecule is N#CCCCCn1ccc2ccc(F)cc21. The fourth-order valence-electron chi connectivity index (χ4n) is 1.84. The minimum atomic E-state index is -0.204. The second-order valence-corrected chi connectivity index (χ2v) is 3.83. The van der Waals surface area contributed by atoms with E-state index < -0.39 is 0 Å². The Morgan fingerprint density at radius 1 is 1.25 bits per heavy atom. The molecule has 0 amide bonds. The summed E-state index contributed by atoms with van der Waals surface area (Å²) in [5.74, 6) is -0.204. The van der Waals surface area contributed by atoms with Crippen LogP contribution in [0.5, 0.6) is 0 Å². The van der Waals surface area contributed by atoms with Gasteiger partial charge in [0.2, 0.25) is 0 Å². The molecule has 3 heteroatoms. The maximum absolute atomic E-state index is 13.1. The van der Waals surface area contributed by atoms with Gasteiger partial charge in [-0.3, -0.25) is 0 Å². The number of aryl methyl sites for hydroxylation is 1. The van der Waals surface area contributed by atoms with Crippen LogP contribution in [0.3, 0.4) is 0 Å². The summed E-state index contributed by atoms with van der Waals surface area (Å²) in [6.07, 6.45) is 4.41. The Bertz CT molecular complexity index is 522. The van der Waals surface area contributed by atoms with Crippen molar-refractivity contribution in [2.75, 3.05) is 0 Å². The van der Waals surface area contributed by atoms with E-state index in [0.29, 0.717) is 6.42 Å². The summed E-state index contributed by atoms with van der Waals surface area (Å²) in [4.78, 5) is 0. The highest BCUT2D eigenvalue weighted by molar-refractivity contribution is 5.80. The molecule has 0 fully saturated rings. The normalized spacial score (nSPS) is 10.5. The van der Waals surface area contributed by atoms with E-state index in [1.165, 1.54) is 6.07 Å². The van der Waals surface area contributed by atoms with E-state index >= 15 is 0 Å². The second-order valence-electron chi connectivity index (χ2n) is 3.83. The maximum atomic E-state index is 13.1. The summed E-state index contributed by atoms with van der Waals surface area (Å²) in [7, 11) is 0. The van der Waals surface area contributed by atoms with Gasteiger partial charge >= 0.3 is 0 Å². The van der Waals surface area contributed by atoms with Crippen molar-refractivity contribution < 1.29 is 4.39 Å². The van der Waals surface area contributed by atoms with Gasteiger partial charge in [-0.1, -0.05) is 0 Å². The van der Waals surface area contributed by atoms with Crippen molar-refractivity contribution in [3.05, 3.63) is 36.3 Å². The topological polar surface area (TPSA) is 28.7 Å². The molecule has 0 N–H and O–H groups in total. The van der Waals surface area contributed by atoms with Crippen LogP contribution in [0.15, 0.2) is 30.5 Å². The molecule has 0 saturated carbocycles. The van der Waals surface area contributed by atoms with Crippen LogP contribution in [0.1, 0.15) is 19.3 Å². The Morgan fingerprint density at radius 2 is 2.12 bits per heavy atom. The van der Waals surface area contributed by atoms with E-state index in [4.69, 9.17) is 5.26 Å². The van der Waals surface area contributed by atoms with Crippen molar-refractivity contribution >= 4 is 10.9 Å². The number of hydrogen-bond acceptors (Lipinski definition) is 1. The first-order chi connectivity index (χ1) is 7.81. The van der Waals surface area contributed by atoms with Gasteiger partial charge in [-0.15, -0.1) is 0 Å². The van der Waals surface area contributed by atoms with Gasteiger partial charge in [0.1, 0.15) is 5.82 Å². The van der Waals surface area contributed by atoms with Crippen LogP contribution in [0.2, 0.25) is 0 Å². The van der Waals surface area contributed by atoms with Gasteiger partial charge in [-0.05, 0) is 42.5 Å². The highest BCUT2D eigenvalue weighted by Crippen LogP contribution is 2.17. The minimum Gasteiger partial charge on any atom is -0.347 e. The summed E-state index contributed by atoms with van der Waals surface area (Å²) in [6.45, 7) is 0.842. The molecule has 0 aliphatic rings. The lowest BCUT2D eigenvalue weighted by Gasteiger charge is -2.04. The molecule has 0 radical (unpaired) electrons. The molecular weight excluding hydrogens is 203 g/mol. The van der Waals surface area contributed by atoms with Crippen LogP contribution in [-0.2, 0) is 6.54 Å². The number of halogens is 1. The number of nitriles is 1. The molecule has 1 heterocycles. The van der Waals surface area contributed by atoms with Gasteiger partial charge in [-0.25, -0.2) is 4.39 Å². The fraction of sp³-hybridized carbons (Fsp3) is 0.308. The Hall–Kier alpha value is -1.82. The van der Waals surface area contributed by atoms with Crippen LogP contribution < -0.4 is 0 Å². The molecule has 0 atom stereocenters. The van der Waals surface area contributed by atoms with E-state index in [9.17, 15) is 4.39 Å². The van der Waals surface area contributed by atoms with Gasteiger partial charge < -0.3 is 4.57 Å². The number of unbranched alkanes of at least 4 members (excludes halogenated alkanes) is 2. The minimum absolute atomic E-state index is 0.204. The van der Waals surface area contributed by atoms with Crippen molar-refractivity contribution in [3.63, 3.8) is 0 Å². The number of rotatable bonds is 4. The van der Waals surface area contributed by atoms with Crippen molar-refractivity contribution in [2.45, 2.75) is 25.8 Å². The predicted molar refractivity (Wildman–Crippen MR) is 61.4 cm³/mol. The number of fused-ring (bicyclic) bond motifs is 1. The molecule has 16 heavy (non-hydrogen) atoms. The van der Waals surface area contributed by atoms with Crippen LogP contribution in [-0.4, -0.2) is 4.57 Å². The number of nitrogens with zero attached hydrogens (tertiary/aromatic N) is 2. The van der Waals surface area contributed by atoms with Crippen LogP contribution in [0.4, 0.5) is 4.39 Å². The summed E-state index contributed by atoms with van der Waals surface area (Å²) < 4.78 is 15.1. The number of hydrogen-bond donors (Lipinski definition) is 0. The summed E-state index contributed by atoms with van der Waals surface area (Å²) in [6, 6.07) is 8.93. The lowest BCUT2D eigenvalue weighted by atomic mass is 10.2. The molecule has 1 aromatic heterocycles. The molecule has 2 rings (SSSR count). The van der Waals surface area contributed by atoms with Crippen LogP contribution >= 0.6 is 0 Å². The molecule has 0 aliphatic heterocycles. The van der Waals surface area contributed by atoms with Crippen molar-refractivity contribution in [1.82, 2.24) is 4.57 Å². The molecule has 2 nitrogen and oxygen atoms in total. The van der Waals surface area contributed by atoms with Gasteiger partial charge in [0.05, 0.1) is 11.6 Å². The third-order valence-corrected chi connectivity index (χ3v) is 2.67. The number of aromatic nitrogens is 1. The molecule has 0 spiro atoms. The molecular formula is C13H13FN2. The van der Waals surface area contributed by atoms with Crippen molar-refractivity contribution in [3.8, 4) is 6.07 Å². The first-order valence-corrected chi connectivity index (χ1v) is 5.42. The van der Waals surface area contributed by atoms with Crippen molar-refractivity contribution in [2.24, 2.45) is 0 Å². The maximum Gasteiger partial charge on any atom is 0.125 e.